The highest BCUT2D eigenvalue weighted by Gasteiger charge is 2.20. The van der Waals surface area contributed by atoms with Gasteiger partial charge in [0.05, 0.1) is 0 Å². The average Bonchev–Trinajstić information content (AvgIpc) is 2.81. The lowest BCUT2D eigenvalue weighted by Gasteiger charge is -2.10. The number of nitrogens with one attached hydrogen (secondary N) is 2. The van der Waals surface area contributed by atoms with Crippen molar-refractivity contribution in [2.75, 3.05) is 19.6 Å². The van der Waals surface area contributed by atoms with Crippen LogP contribution in [0, 0.1) is 11.7 Å². The Balaban J connectivity index is 1.97. The second kappa shape index (κ2) is 6.17. The Bertz CT molecular complexity index is 545. The van der Waals surface area contributed by atoms with Gasteiger partial charge in [0.25, 0.3) is 0 Å². The van der Waals surface area contributed by atoms with Crippen molar-refractivity contribution in [1.82, 2.24) is 10.0 Å². The van der Waals surface area contributed by atoms with E-state index in [0.29, 0.717) is 12.5 Å². The van der Waals surface area contributed by atoms with E-state index in [4.69, 9.17) is 11.6 Å². The maximum absolute atomic E-state index is 13.6. The highest BCUT2D eigenvalue weighted by Crippen LogP contribution is 2.19. The molecular formula is C12H16ClFN2O2S. The van der Waals surface area contributed by atoms with E-state index in [2.05, 4.69) is 10.0 Å². The van der Waals surface area contributed by atoms with Crippen LogP contribution in [0.3, 0.4) is 0 Å². The Morgan fingerprint density at radius 3 is 2.89 bits per heavy atom. The third-order valence-corrected chi connectivity index (χ3v) is 4.92. The Labute approximate surface area is 117 Å². The smallest absolute Gasteiger partial charge is 0.243 e. The molecular weight excluding hydrogens is 291 g/mol. The summed E-state index contributed by atoms with van der Waals surface area (Å²) in [6.45, 7) is 2.21. The van der Waals surface area contributed by atoms with Gasteiger partial charge in [-0.2, -0.15) is 0 Å². The summed E-state index contributed by atoms with van der Waals surface area (Å²) in [6, 6.07) is 3.54. The first-order valence-corrected chi connectivity index (χ1v) is 8.00. The van der Waals surface area contributed by atoms with E-state index in [1.807, 2.05) is 0 Å². The molecule has 1 unspecified atom stereocenters. The summed E-state index contributed by atoms with van der Waals surface area (Å²) in [5, 5.41) is 3.39. The topological polar surface area (TPSA) is 58.2 Å². The monoisotopic (exact) mass is 306 g/mol. The molecule has 1 fully saturated rings. The normalized spacial score (nSPS) is 19.8. The lowest BCUT2D eigenvalue weighted by atomic mass is 10.1. The van der Waals surface area contributed by atoms with E-state index in [1.165, 1.54) is 12.1 Å². The largest absolute Gasteiger partial charge is 0.316 e. The lowest BCUT2D eigenvalue weighted by molar-refractivity contribution is 0.515. The van der Waals surface area contributed by atoms with Crippen LogP contribution in [0.4, 0.5) is 4.39 Å². The first kappa shape index (κ1) is 14.7. The van der Waals surface area contributed by atoms with Crippen LogP contribution in [0.1, 0.15) is 12.8 Å². The molecule has 1 aromatic rings. The number of halogens is 2. The van der Waals surface area contributed by atoms with E-state index in [0.717, 1.165) is 32.0 Å². The Kier molecular flexibility index (Phi) is 4.78. The fraction of sp³-hybridized carbons (Fsp3) is 0.500. The van der Waals surface area contributed by atoms with Gasteiger partial charge in [0.15, 0.2) is 0 Å². The van der Waals surface area contributed by atoms with Crippen LogP contribution in [0.2, 0.25) is 5.02 Å². The second-order valence-corrected chi connectivity index (χ2v) is 6.79. The number of benzene rings is 1. The molecule has 0 spiro atoms. The summed E-state index contributed by atoms with van der Waals surface area (Å²) in [5.74, 6) is -0.347. The van der Waals surface area contributed by atoms with Crippen LogP contribution in [0.25, 0.3) is 0 Å². The summed E-state index contributed by atoms with van der Waals surface area (Å²) < 4.78 is 39.8. The third kappa shape index (κ3) is 3.89. The number of hydrogen-bond donors (Lipinski definition) is 2. The van der Waals surface area contributed by atoms with Gasteiger partial charge >= 0.3 is 0 Å². The van der Waals surface area contributed by atoms with Crippen molar-refractivity contribution in [1.29, 1.82) is 0 Å². The molecule has 1 atom stereocenters. The van der Waals surface area contributed by atoms with Gasteiger partial charge in [-0.05, 0) is 50.0 Å². The van der Waals surface area contributed by atoms with Crippen LogP contribution in [0.5, 0.6) is 0 Å². The molecule has 1 aromatic carbocycles. The van der Waals surface area contributed by atoms with E-state index in [9.17, 15) is 12.8 Å². The fourth-order valence-electron chi connectivity index (χ4n) is 2.13. The first-order chi connectivity index (χ1) is 8.99. The summed E-state index contributed by atoms with van der Waals surface area (Å²) >= 11 is 5.60. The van der Waals surface area contributed by atoms with Gasteiger partial charge in [-0.1, -0.05) is 11.6 Å². The molecule has 2 N–H and O–H groups in total. The first-order valence-electron chi connectivity index (χ1n) is 6.14. The molecule has 19 heavy (non-hydrogen) atoms. The van der Waals surface area contributed by atoms with Crippen LogP contribution >= 0.6 is 11.6 Å². The molecule has 1 heterocycles. The van der Waals surface area contributed by atoms with Gasteiger partial charge in [0, 0.05) is 11.6 Å². The minimum atomic E-state index is -3.80. The van der Waals surface area contributed by atoms with Crippen LogP contribution < -0.4 is 10.0 Å². The summed E-state index contributed by atoms with van der Waals surface area (Å²) in [4.78, 5) is -0.360. The zero-order chi connectivity index (χ0) is 13.9. The highest BCUT2D eigenvalue weighted by molar-refractivity contribution is 7.89. The molecule has 0 aliphatic carbocycles. The minimum Gasteiger partial charge on any atom is -0.316 e. The average molecular weight is 307 g/mol. The van der Waals surface area contributed by atoms with Crippen molar-refractivity contribution in [2.45, 2.75) is 17.7 Å². The molecule has 0 saturated carbocycles. The zero-order valence-corrected chi connectivity index (χ0v) is 11.9. The van der Waals surface area contributed by atoms with Crippen molar-refractivity contribution in [3.05, 3.63) is 29.0 Å². The number of rotatable bonds is 5. The molecule has 106 valence electrons. The predicted octanol–water partition coefficient (Wildman–Crippen LogP) is 1.76. The van der Waals surface area contributed by atoms with E-state index < -0.39 is 15.8 Å². The number of sulfonamides is 1. The predicted molar refractivity (Wildman–Crippen MR) is 72.2 cm³/mol. The maximum atomic E-state index is 13.6. The molecule has 1 saturated heterocycles. The van der Waals surface area contributed by atoms with Gasteiger partial charge in [-0.25, -0.2) is 17.5 Å². The SMILES string of the molecule is O=S(=O)(NCCC1CCNC1)c1ccc(Cl)cc1F. The van der Waals surface area contributed by atoms with Crippen molar-refractivity contribution >= 4 is 21.6 Å². The van der Waals surface area contributed by atoms with E-state index >= 15 is 0 Å². The molecule has 1 aliphatic heterocycles. The standard InChI is InChI=1S/C12H16ClFN2O2S/c13-10-1-2-12(11(14)7-10)19(17,18)16-6-4-9-3-5-15-8-9/h1-2,7,9,15-16H,3-6,8H2. The van der Waals surface area contributed by atoms with Crippen molar-refractivity contribution in [3.8, 4) is 0 Å². The molecule has 0 bridgehead atoms. The van der Waals surface area contributed by atoms with E-state index in [-0.39, 0.29) is 9.92 Å². The molecule has 2 rings (SSSR count). The van der Waals surface area contributed by atoms with Gasteiger partial charge in [0.2, 0.25) is 10.0 Å². The Hall–Kier alpha value is -0.690. The van der Waals surface area contributed by atoms with Crippen molar-refractivity contribution in [2.24, 2.45) is 5.92 Å². The maximum Gasteiger partial charge on any atom is 0.243 e. The van der Waals surface area contributed by atoms with Crippen molar-refractivity contribution < 1.29 is 12.8 Å². The molecule has 4 nitrogen and oxygen atoms in total. The summed E-state index contributed by atoms with van der Waals surface area (Å²) in [6.07, 6.45) is 1.80. The molecule has 7 heteroatoms. The van der Waals surface area contributed by atoms with Gasteiger partial charge in [0.1, 0.15) is 10.7 Å². The van der Waals surface area contributed by atoms with Crippen LogP contribution in [0.15, 0.2) is 23.1 Å². The van der Waals surface area contributed by atoms with Crippen LogP contribution in [-0.4, -0.2) is 28.1 Å². The highest BCUT2D eigenvalue weighted by atomic mass is 35.5. The summed E-state index contributed by atoms with van der Waals surface area (Å²) in [7, 11) is -3.80. The second-order valence-electron chi connectivity index (χ2n) is 4.62. The van der Waals surface area contributed by atoms with Gasteiger partial charge < -0.3 is 5.32 Å². The molecule has 0 aromatic heterocycles. The fourth-order valence-corrected chi connectivity index (χ4v) is 3.39. The van der Waals surface area contributed by atoms with E-state index in [1.54, 1.807) is 0 Å². The summed E-state index contributed by atoms with van der Waals surface area (Å²) in [5.41, 5.74) is 0. The van der Waals surface area contributed by atoms with Gasteiger partial charge in [-0.15, -0.1) is 0 Å². The molecule has 0 radical (unpaired) electrons. The van der Waals surface area contributed by atoms with Gasteiger partial charge in [-0.3, -0.25) is 0 Å². The molecule has 0 amide bonds. The Morgan fingerprint density at radius 2 is 2.26 bits per heavy atom. The quantitative estimate of drug-likeness (QED) is 0.871. The Morgan fingerprint density at radius 1 is 1.47 bits per heavy atom. The van der Waals surface area contributed by atoms with Crippen molar-refractivity contribution in [3.63, 3.8) is 0 Å². The van der Waals surface area contributed by atoms with Crippen LogP contribution in [-0.2, 0) is 10.0 Å². The lowest BCUT2D eigenvalue weighted by Crippen LogP contribution is -2.27. The zero-order valence-electron chi connectivity index (χ0n) is 10.3. The molecule has 1 aliphatic rings. The minimum absolute atomic E-state index is 0.175. The third-order valence-electron chi connectivity index (χ3n) is 3.19. The number of hydrogen-bond acceptors (Lipinski definition) is 3.